The molecule has 3 atom stereocenters. The minimum Gasteiger partial charge on any atom is -0.488 e. The molecule has 0 amide bonds. The van der Waals surface area contributed by atoms with E-state index in [1.165, 1.54) is 0 Å². The number of aliphatic imine (C=N–C) groups is 1. The molecule has 1 saturated carbocycles. The zero-order chi connectivity index (χ0) is 25.1. The highest BCUT2D eigenvalue weighted by atomic mass is 16.5. The second-order valence-corrected chi connectivity index (χ2v) is 10.1. The van der Waals surface area contributed by atoms with E-state index in [1.54, 1.807) is 25.5 Å². The molecule has 0 bridgehead atoms. The first-order valence-electron chi connectivity index (χ1n) is 13.2. The number of hydrogen-bond acceptors (Lipinski definition) is 9. The number of anilines is 3. The van der Waals surface area contributed by atoms with Crippen LogP contribution in [-0.4, -0.2) is 79.1 Å². The van der Waals surface area contributed by atoms with E-state index >= 15 is 0 Å². The number of benzene rings is 1. The Hall–Kier alpha value is -2.91. The highest BCUT2D eigenvalue weighted by Crippen LogP contribution is 2.47. The predicted molar refractivity (Wildman–Crippen MR) is 143 cm³/mol. The molecule has 194 valence electrons. The first-order valence-corrected chi connectivity index (χ1v) is 13.2. The molecule has 2 aromatic rings. The van der Waals surface area contributed by atoms with Gasteiger partial charge in [0.2, 0.25) is 5.95 Å². The zero-order valence-corrected chi connectivity index (χ0v) is 21.6. The highest BCUT2D eigenvalue weighted by molar-refractivity contribution is 5.91. The zero-order valence-electron chi connectivity index (χ0n) is 21.6. The van der Waals surface area contributed by atoms with Gasteiger partial charge in [0.1, 0.15) is 11.4 Å². The van der Waals surface area contributed by atoms with Gasteiger partial charge in [-0.25, -0.2) is 9.97 Å². The van der Waals surface area contributed by atoms with E-state index in [4.69, 9.17) is 9.47 Å². The fraction of sp³-hybridized carbons (Fsp3) is 0.593. The molecule has 36 heavy (non-hydrogen) atoms. The molecule has 1 N–H and O–H groups in total. The van der Waals surface area contributed by atoms with Crippen molar-refractivity contribution in [2.45, 2.75) is 63.8 Å². The van der Waals surface area contributed by atoms with Gasteiger partial charge in [0.25, 0.3) is 0 Å². The van der Waals surface area contributed by atoms with E-state index in [2.05, 4.69) is 50.9 Å². The average Bonchev–Trinajstić information content (AvgIpc) is 3.14. The van der Waals surface area contributed by atoms with Crippen LogP contribution in [-0.2, 0) is 4.74 Å². The normalized spacial score (nSPS) is 26.3. The summed E-state index contributed by atoms with van der Waals surface area (Å²) in [5.41, 5.74) is 1.65. The Kier molecular flexibility index (Phi) is 7.29. The van der Waals surface area contributed by atoms with Gasteiger partial charge in [-0.05, 0) is 58.1 Å². The van der Waals surface area contributed by atoms with Crippen molar-refractivity contribution in [1.29, 1.82) is 0 Å². The number of aliphatic hydroxyl groups is 1. The number of aromatic nitrogens is 2. The number of morpholine rings is 1. The van der Waals surface area contributed by atoms with Gasteiger partial charge in [0, 0.05) is 56.9 Å². The van der Waals surface area contributed by atoms with Crippen molar-refractivity contribution < 1.29 is 14.6 Å². The molecule has 2 aliphatic heterocycles. The molecule has 1 unspecified atom stereocenters. The van der Waals surface area contributed by atoms with Gasteiger partial charge in [0.05, 0.1) is 31.2 Å². The van der Waals surface area contributed by atoms with Crippen molar-refractivity contribution >= 4 is 29.2 Å². The molecule has 0 radical (unpaired) electrons. The van der Waals surface area contributed by atoms with Crippen molar-refractivity contribution in [1.82, 2.24) is 9.97 Å². The molecule has 2 fully saturated rings. The Balaban J connectivity index is 1.39. The summed E-state index contributed by atoms with van der Waals surface area (Å²) in [4.78, 5) is 20.0. The monoisotopic (exact) mass is 494 g/mol. The van der Waals surface area contributed by atoms with E-state index in [-0.39, 0.29) is 6.10 Å². The maximum atomic E-state index is 11.1. The van der Waals surface area contributed by atoms with Crippen LogP contribution in [0.4, 0.5) is 23.0 Å². The number of ether oxygens (including phenoxy) is 2. The van der Waals surface area contributed by atoms with Gasteiger partial charge >= 0.3 is 0 Å². The third kappa shape index (κ3) is 5.13. The first-order chi connectivity index (χ1) is 17.5. The Bertz CT molecular complexity index is 1060. The maximum absolute atomic E-state index is 11.1. The fourth-order valence-corrected chi connectivity index (χ4v) is 5.58. The van der Waals surface area contributed by atoms with E-state index < -0.39 is 5.72 Å². The lowest BCUT2D eigenvalue weighted by Crippen LogP contribution is -2.49. The number of nitrogens with zero attached hydrogens (tertiary/aromatic N) is 6. The molecule has 0 spiro atoms. The van der Waals surface area contributed by atoms with Crippen LogP contribution in [0.2, 0.25) is 0 Å². The third-order valence-corrected chi connectivity index (χ3v) is 7.59. The number of fused-ring (bicyclic) bond motifs is 1. The van der Waals surface area contributed by atoms with Gasteiger partial charge in [-0.2, -0.15) is 0 Å². The summed E-state index contributed by atoms with van der Waals surface area (Å²) in [6, 6.07) is 6.48. The first kappa shape index (κ1) is 24.8. The van der Waals surface area contributed by atoms with Crippen LogP contribution < -0.4 is 19.4 Å². The van der Waals surface area contributed by atoms with Gasteiger partial charge in [-0.3, -0.25) is 4.99 Å². The molecule has 1 saturated heterocycles. The van der Waals surface area contributed by atoms with Crippen LogP contribution in [0.3, 0.4) is 0 Å². The van der Waals surface area contributed by atoms with Crippen molar-refractivity contribution in [2.75, 3.05) is 54.6 Å². The highest BCUT2D eigenvalue weighted by Gasteiger charge is 2.35. The summed E-state index contributed by atoms with van der Waals surface area (Å²) >= 11 is 0. The fourth-order valence-electron chi connectivity index (χ4n) is 5.58. The minimum atomic E-state index is -1.16. The lowest BCUT2D eigenvalue weighted by molar-refractivity contribution is 0.122. The Morgan fingerprint density at radius 1 is 1.14 bits per heavy atom. The SMILES string of the molecule is CCN1c2c(cc(N3CCOCC3)cc2O[C@@H]2CCC[C@H](N(C)c3ncccn3)CC2)N=CC1(C)O. The Labute approximate surface area is 213 Å². The number of hydrogen-bond donors (Lipinski definition) is 1. The van der Waals surface area contributed by atoms with Gasteiger partial charge < -0.3 is 29.3 Å². The van der Waals surface area contributed by atoms with Crippen molar-refractivity contribution in [3.05, 3.63) is 30.6 Å². The third-order valence-electron chi connectivity index (χ3n) is 7.59. The average molecular weight is 495 g/mol. The van der Waals surface area contributed by atoms with E-state index in [0.29, 0.717) is 12.6 Å². The molecular weight excluding hydrogens is 456 g/mol. The van der Waals surface area contributed by atoms with Crippen LogP contribution in [0, 0.1) is 0 Å². The van der Waals surface area contributed by atoms with Gasteiger partial charge in [-0.1, -0.05) is 0 Å². The smallest absolute Gasteiger partial charge is 0.225 e. The molecule has 1 aliphatic carbocycles. The molecule has 3 aliphatic rings. The molecule has 5 rings (SSSR count). The molecule has 1 aromatic carbocycles. The van der Waals surface area contributed by atoms with Crippen molar-refractivity contribution in [3.8, 4) is 5.75 Å². The van der Waals surface area contributed by atoms with Crippen LogP contribution in [0.25, 0.3) is 0 Å². The summed E-state index contributed by atoms with van der Waals surface area (Å²) in [6.07, 6.45) is 10.4. The molecule has 9 nitrogen and oxygen atoms in total. The van der Waals surface area contributed by atoms with Crippen molar-refractivity contribution in [2.24, 2.45) is 4.99 Å². The lowest BCUT2D eigenvalue weighted by Gasteiger charge is -2.40. The summed E-state index contributed by atoms with van der Waals surface area (Å²) in [5.74, 6) is 1.57. The summed E-state index contributed by atoms with van der Waals surface area (Å²) in [5, 5.41) is 11.1. The second-order valence-electron chi connectivity index (χ2n) is 10.1. The standard InChI is InChI=1S/C27H38N6O3/c1-4-33-25-23(30-19-27(33,2)34)17-21(32-13-15-35-16-14-32)18-24(25)36-22-8-5-7-20(9-10-22)31(3)26-28-11-6-12-29-26/h6,11-12,17-20,22,34H,4-5,7-10,13-16H2,1-3H3/t20-,22+,27?/m0/s1. The molecular formula is C27H38N6O3. The summed E-state index contributed by atoms with van der Waals surface area (Å²) < 4.78 is 12.4. The lowest BCUT2D eigenvalue weighted by atomic mass is 10.1. The van der Waals surface area contributed by atoms with E-state index in [9.17, 15) is 5.11 Å². The molecule has 1 aromatic heterocycles. The largest absolute Gasteiger partial charge is 0.488 e. The van der Waals surface area contributed by atoms with Gasteiger partial charge in [-0.15, -0.1) is 0 Å². The predicted octanol–water partition coefficient (Wildman–Crippen LogP) is 3.78. The van der Waals surface area contributed by atoms with Crippen molar-refractivity contribution in [3.63, 3.8) is 0 Å². The van der Waals surface area contributed by atoms with Crippen LogP contribution in [0.1, 0.15) is 46.0 Å². The second kappa shape index (κ2) is 10.6. The summed E-state index contributed by atoms with van der Waals surface area (Å²) in [7, 11) is 2.09. The number of rotatable bonds is 6. The molecule has 3 heterocycles. The molecule has 9 heteroatoms. The van der Waals surface area contributed by atoms with E-state index in [1.807, 2.05) is 11.0 Å². The topological polar surface area (TPSA) is 86.5 Å². The van der Waals surface area contributed by atoms with Crippen LogP contribution in [0.15, 0.2) is 35.6 Å². The Morgan fingerprint density at radius 3 is 2.67 bits per heavy atom. The summed E-state index contributed by atoms with van der Waals surface area (Å²) in [6.45, 7) is 7.60. The Morgan fingerprint density at radius 2 is 1.92 bits per heavy atom. The van der Waals surface area contributed by atoms with E-state index in [0.717, 1.165) is 87.2 Å². The van der Waals surface area contributed by atoms with Gasteiger partial charge in [0.15, 0.2) is 5.72 Å². The quantitative estimate of drug-likeness (QED) is 0.608. The maximum Gasteiger partial charge on any atom is 0.225 e. The van der Waals surface area contributed by atoms with Crippen LogP contribution in [0.5, 0.6) is 5.75 Å². The van der Waals surface area contributed by atoms with Crippen LogP contribution >= 0.6 is 0 Å². The minimum absolute atomic E-state index is 0.0960.